The molecule has 6 nitrogen and oxygen atoms in total. The standard InChI is InChI=1S/C30H27F5N4O2/c1-17(40)36-20-7-4-6-19(16-20)18-10-14-38(15-11-18)12-5-13-39-30(41)22-9-3-2-8-21(22)29(37-39)23-24(31)26(33)28(35)27(34)25(23)32/h2-4,6-9,16,18H,5,10-15H2,1H3,(H,36,40). The van der Waals surface area contributed by atoms with Crippen LogP contribution in [0.25, 0.3) is 22.0 Å². The number of amides is 1. The van der Waals surface area contributed by atoms with Crippen molar-refractivity contribution in [1.29, 1.82) is 0 Å². The van der Waals surface area contributed by atoms with Gasteiger partial charge in [0.15, 0.2) is 23.3 Å². The summed E-state index contributed by atoms with van der Waals surface area (Å²) in [5.74, 6) is -10.2. The highest BCUT2D eigenvalue weighted by Crippen LogP contribution is 2.34. The number of hydrogen-bond acceptors (Lipinski definition) is 4. The Morgan fingerprint density at radius 2 is 1.51 bits per heavy atom. The minimum Gasteiger partial charge on any atom is -0.326 e. The highest BCUT2D eigenvalue weighted by Gasteiger charge is 2.29. The van der Waals surface area contributed by atoms with Gasteiger partial charge in [-0.1, -0.05) is 30.3 Å². The second-order valence-corrected chi connectivity index (χ2v) is 10.1. The fraction of sp³-hybridized carbons (Fsp3) is 0.300. The molecular weight excluding hydrogens is 543 g/mol. The van der Waals surface area contributed by atoms with Crippen LogP contribution in [-0.2, 0) is 11.3 Å². The van der Waals surface area contributed by atoms with E-state index in [2.05, 4.69) is 15.3 Å². The molecule has 0 aliphatic carbocycles. The molecule has 41 heavy (non-hydrogen) atoms. The molecule has 1 aliphatic heterocycles. The fourth-order valence-corrected chi connectivity index (χ4v) is 5.39. The predicted octanol–water partition coefficient (Wildman–Crippen LogP) is 5.99. The lowest BCUT2D eigenvalue weighted by molar-refractivity contribution is -0.114. The number of hydrogen-bond donors (Lipinski definition) is 1. The Morgan fingerprint density at radius 1 is 0.878 bits per heavy atom. The first-order chi connectivity index (χ1) is 19.7. The topological polar surface area (TPSA) is 67.2 Å². The number of halogens is 5. The molecule has 1 amide bonds. The summed E-state index contributed by atoms with van der Waals surface area (Å²) in [6.07, 6.45) is 2.29. The number of carbonyl (C=O) groups is 1. The number of carbonyl (C=O) groups excluding carboxylic acids is 1. The Bertz CT molecular complexity index is 1650. The van der Waals surface area contributed by atoms with Crippen molar-refractivity contribution in [2.24, 2.45) is 0 Å². The maximum absolute atomic E-state index is 14.7. The first kappa shape index (κ1) is 28.4. The molecule has 1 aliphatic rings. The van der Waals surface area contributed by atoms with Gasteiger partial charge in [0.05, 0.1) is 10.9 Å². The Labute approximate surface area is 232 Å². The van der Waals surface area contributed by atoms with E-state index in [1.165, 1.54) is 25.1 Å². The van der Waals surface area contributed by atoms with Crippen molar-refractivity contribution < 1.29 is 26.7 Å². The predicted molar refractivity (Wildman–Crippen MR) is 145 cm³/mol. The van der Waals surface area contributed by atoms with Gasteiger partial charge in [0, 0.05) is 24.5 Å². The zero-order valence-electron chi connectivity index (χ0n) is 22.2. The van der Waals surface area contributed by atoms with Crippen molar-refractivity contribution in [1.82, 2.24) is 14.7 Å². The van der Waals surface area contributed by atoms with E-state index in [0.29, 0.717) is 18.9 Å². The number of aromatic nitrogens is 2. The molecule has 3 aromatic carbocycles. The van der Waals surface area contributed by atoms with Crippen LogP contribution in [0.3, 0.4) is 0 Å². The third-order valence-electron chi connectivity index (χ3n) is 7.42. The summed E-state index contributed by atoms with van der Waals surface area (Å²) in [6, 6.07) is 13.6. The SMILES string of the molecule is CC(=O)Nc1cccc(C2CCN(CCCn3nc(-c4c(F)c(F)c(F)c(F)c4F)c4ccccc4c3=O)CC2)c1. The molecule has 214 valence electrons. The zero-order chi connectivity index (χ0) is 29.3. The molecule has 1 fully saturated rings. The van der Waals surface area contributed by atoms with Gasteiger partial charge in [-0.05, 0) is 68.6 Å². The number of fused-ring (bicyclic) bond motifs is 1. The average Bonchev–Trinajstić information content (AvgIpc) is 2.97. The Balaban J connectivity index is 1.31. The van der Waals surface area contributed by atoms with Crippen molar-refractivity contribution in [3.8, 4) is 11.3 Å². The number of rotatable bonds is 7. The minimum atomic E-state index is -2.26. The monoisotopic (exact) mass is 570 g/mol. The van der Waals surface area contributed by atoms with E-state index >= 15 is 0 Å². The zero-order valence-corrected chi connectivity index (χ0v) is 22.2. The van der Waals surface area contributed by atoms with E-state index in [9.17, 15) is 31.5 Å². The molecule has 5 rings (SSSR count). The van der Waals surface area contributed by atoms with Crippen molar-refractivity contribution in [2.45, 2.75) is 38.6 Å². The van der Waals surface area contributed by atoms with Gasteiger partial charge in [0.2, 0.25) is 11.7 Å². The molecule has 0 saturated carbocycles. The molecule has 1 saturated heterocycles. The van der Waals surface area contributed by atoms with Crippen LogP contribution in [0.5, 0.6) is 0 Å². The third kappa shape index (κ3) is 5.72. The van der Waals surface area contributed by atoms with Gasteiger partial charge in [-0.25, -0.2) is 26.6 Å². The molecule has 11 heteroatoms. The summed E-state index contributed by atoms with van der Waals surface area (Å²) in [5.41, 5.74) is -0.267. The molecule has 0 bridgehead atoms. The van der Waals surface area contributed by atoms with E-state index < -0.39 is 45.9 Å². The van der Waals surface area contributed by atoms with Crippen LogP contribution in [0.4, 0.5) is 27.6 Å². The highest BCUT2D eigenvalue weighted by molar-refractivity contribution is 5.94. The van der Waals surface area contributed by atoms with E-state index in [-0.39, 0.29) is 23.2 Å². The largest absolute Gasteiger partial charge is 0.326 e. The van der Waals surface area contributed by atoms with Crippen LogP contribution in [0.15, 0.2) is 53.3 Å². The summed E-state index contributed by atoms with van der Waals surface area (Å²) in [6.45, 7) is 3.80. The van der Waals surface area contributed by atoms with Crippen LogP contribution < -0.4 is 10.9 Å². The molecule has 2 heterocycles. The van der Waals surface area contributed by atoms with Gasteiger partial charge < -0.3 is 10.2 Å². The highest BCUT2D eigenvalue weighted by atomic mass is 19.2. The second-order valence-electron chi connectivity index (χ2n) is 10.1. The van der Waals surface area contributed by atoms with Gasteiger partial charge in [0.25, 0.3) is 5.56 Å². The summed E-state index contributed by atoms with van der Waals surface area (Å²) in [4.78, 5) is 26.7. The number of benzene rings is 3. The number of nitrogens with zero attached hydrogens (tertiary/aromatic N) is 3. The number of likely N-dealkylation sites (tertiary alicyclic amines) is 1. The first-order valence-electron chi connectivity index (χ1n) is 13.3. The third-order valence-corrected chi connectivity index (χ3v) is 7.42. The number of nitrogens with one attached hydrogen (secondary N) is 1. The van der Waals surface area contributed by atoms with Gasteiger partial charge in [-0.3, -0.25) is 9.59 Å². The Hall–Kier alpha value is -4.12. The fourth-order valence-electron chi connectivity index (χ4n) is 5.39. The Morgan fingerprint density at radius 3 is 2.17 bits per heavy atom. The van der Waals surface area contributed by atoms with Crippen molar-refractivity contribution in [2.75, 3.05) is 25.0 Å². The minimum absolute atomic E-state index is 0.0124. The van der Waals surface area contributed by atoms with Gasteiger partial charge in [-0.15, -0.1) is 0 Å². The maximum atomic E-state index is 14.7. The summed E-state index contributed by atoms with van der Waals surface area (Å²) >= 11 is 0. The summed E-state index contributed by atoms with van der Waals surface area (Å²) < 4.78 is 72.1. The van der Waals surface area contributed by atoms with Crippen LogP contribution in [0.1, 0.15) is 37.7 Å². The number of aryl methyl sites for hydroxylation is 1. The van der Waals surface area contributed by atoms with Gasteiger partial charge in [0.1, 0.15) is 5.69 Å². The molecule has 1 aromatic heterocycles. The van der Waals surface area contributed by atoms with Crippen LogP contribution in [0, 0.1) is 29.1 Å². The van der Waals surface area contributed by atoms with E-state index in [0.717, 1.165) is 41.9 Å². The van der Waals surface area contributed by atoms with Crippen LogP contribution in [-0.4, -0.2) is 40.2 Å². The van der Waals surface area contributed by atoms with Crippen LogP contribution in [0.2, 0.25) is 0 Å². The second kappa shape index (κ2) is 11.8. The smallest absolute Gasteiger partial charge is 0.274 e. The van der Waals surface area contributed by atoms with Crippen molar-refractivity contribution in [3.63, 3.8) is 0 Å². The van der Waals surface area contributed by atoms with E-state index in [1.807, 2.05) is 24.3 Å². The Kier molecular flexibility index (Phi) is 8.16. The quantitative estimate of drug-likeness (QED) is 0.169. The molecule has 4 aromatic rings. The van der Waals surface area contributed by atoms with Gasteiger partial charge in [-0.2, -0.15) is 5.10 Å². The lowest BCUT2D eigenvalue weighted by Crippen LogP contribution is -2.35. The molecule has 0 spiro atoms. The van der Waals surface area contributed by atoms with E-state index in [1.54, 1.807) is 6.07 Å². The first-order valence-corrected chi connectivity index (χ1v) is 13.3. The molecule has 0 radical (unpaired) electrons. The maximum Gasteiger partial charge on any atom is 0.274 e. The molecule has 1 N–H and O–H groups in total. The van der Waals surface area contributed by atoms with E-state index in [4.69, 9.17) is 0 Å². The molecule has 0 unspecified atom stereocenters. The number of anilines is 1. The lowest BCUT2D eigenvalue weighted by Gasteiger charge is -2.32. The lowest BCUT2D eigenvalue weighted by atomic mass is 9.89. The average molecular weight is 571 g/mol. The molecular formula is C30H27F5N4O2. The normalized spacial score (nSPS) is 14.5. The van der Waals surface area contributed by atoms with Gasteiger partial charge >= 0.3 is 0 Å². The van der Waals surface area contributed by atoms with Crippen molar-refractivity contribution in [3.05, 3.63) is 93.5 Å². The molecule has 0 atom stereocenters. The van der Waals surface area contributed by atoms with Crippen LogP contribution >= 0.6 is 0 Å². The summed E-state index contributed by atoms with van der Waals surface area (Å²) in [7, 11) is 0. The summed E-state index contributed by atoms with van der Waals surface area (Å²) in [5, 5.41) is 6.94. The van der Waals surface area contributed by atoms with Crippen molar-refractivity contribution >= 4 is 22.4 Å². The number of piperidine rings is 1.